The van der Waals surface area contributed by atoms with Gasteiger partial charge in [0.05, 0.1) is 5.57 Å². The van der Waals surface area contributed by atoms with Crippen LogP contribution in [-0.4, -0.2) is 58.3 Å². The van der Waals surface area contributed by atoms with E-state index in [1.807, 2.05) is 13.8 Å². The Morgan fingerprint density at radius 3 is 1.51 bits per heavy atom. The van der Waals surface area contributed by atoms with Crippen LogP contribution in [0.4, 0.5) is 79.8 Å². The third-order valence-electron chi connectivity index (χ3n) is 5.34. The van der Waals surface area contributed by atoms with Gasteiger partial charge >= 0.3 is 42.2 Å². The highest BCUT2D eigenvalue weighted by atomic mass is 32.1. The predicted molar refractivity (Wildman–Crippen MR) is 118 cm³/mol. The van der Waals surface area contributed by atoms with Crippen molar-refractivity contribution in [2.45, 2.75) is 62.5 Å². The van der Waals surface area contributed by atoms with Gasteiger partial charge in [0, 0.05) is 12.0 Å². The average molecular weight is 707 g/mol. The minimum atomic E-state index is -8.29. The smallest absolute Gasteiger partial charge is 0.449 e. The number of carbonyl (C=O) groups excluding carboxylic acids is 1. The van der Waals surface area contributed by atoms with Crippen LogP contribution in [0.15, 0.2) is 35.6 Å². The van der Waals surface area contributed by atoms with Crippen LogP contribution in [-0.2, 0) is 6.42 Å². The Hall–Kier alpha value is -3.40. The maximum absolute atomic E-state index is 14.8. The number of alkyl halides is 17. The van der Waals surface area contributed by atoms with Gasteiger partial charge in [0.15, 0.2) is 0 Å². The molecular weight excluding hydrogens is 693 g/mol. The first-order chi connectivity index (χ1) is 20.0. The molecule has 0 aliphatic rings. The summed E-state index contributed by atoms with van der Waals surface area (Å²) in [6, 6.07) is 0.872. The molecule has 1 aromatic heterocycles. The molecule has 0 radical (unpaired) electrons. The zero-order chi connectivity index (χ0) is 35.2. The Labute approximate surface area is 243 Å². The van der Waals surface area contributed by atoms with Gasteiger partial charge in [-0.15, -0.1) is 10.2 Å². The molecule has 0 spiro atoms. The number of amides is 1. The van der Waals surface area contributed by atoms with Gasteiger partial charge in [0.2, 0.25) is 10.9 Å². The van der Waals surface area contributed by atoms with Gasteiger partial charge in [-0.25, -0.2) is 8.78 Å². The number of halogens is 17. The lowest BCUT2D eigenvalue weighted by atomic mass is 9.79. The first-order valence-electron chi connectivity index (χ1n) is 11.4. The third-order valence-corrected chi connectivity index (χ3v) is 6.20. The van der Waals surface area contributed by atoms with Gasteiger partial charge in [-0.2, -0.15) is 65.9 Å². The molecule has 0 fully saturated rings. The van der Waals surface area contributed by atoms with Gasteiger partial charge < -0.3 is 4.74 Å². The molecule has 1 heterocycles. The minimum absolute atomic E-state index is 0.0464. The van der Waals surface area contributed by atoms with Crippen LogP contribution in [0.25, 0.3) is 0 Å². The number of aromatic nitrogens is 2. The fourth-order valence-electron chi connectivity index (χ4n) is 3.39. The van der Waals surface area contributed by atoms with Crippen LogP contribution < -0.4 is 10.1 Å². The second kappa shape index (κ2) is 12.1. The fraction of sp³-hybridized carbons (Fsp3) is 0.500. The van der Waals surface area contributed by atoms with E-state index in [1.54, 1.807) is 0 Å². The van der Waals surface area contributed by atoms with Gasteiger partial charge in [0.25, 0.3) is 5.91 Å². The maximum atomic E-state index is 14.8. The Balaban J connectivity index is 2.79. The molecule has 0 saturated carbocycles. The number of nitrogens with zero attached hydrogens (tertiary/aromatic N) is 2. The summed E-state index contributed by atoms with van der Waals surface area (Å²) in [5.74, 6) is -7.46. The van der Waals surface area contributed by atoms with Crippen molar-refractivity contribution in [1.29, 1.82) is 0 Å². The Kier molecular flexibility index (Phi) is 10.1. The van der Waals surface area contributed by atoms with E-state index in [-0.39, 0.29) is 23.2 Å². The van der Waals surface area contributed by atoms with Crippen LogP contribution in [0.2, 0.25) is 0 Å². The molecule has 5 nitrogen and oxygen atoms in total. The lowest BCUT2D eigenvalue weighted by molar-refractivity contribution is -0.365. The summed E-state index contributed by atoms with van der Waals surface area (Å²) >= 11 is 0.865. The summed E-state index contributed by atoms with van der Waals surface area (Å²) in [6.07, 6.45) is -39.3. The highest BCUT2D eigenvalue weighted by Crippen LogP contribution is 2.63. The number of carbonyl (C=O) groups is 1. The summed E-state index contributed by atoms with van der Waals surface area (Å²) in [4.78, 5) is 12.3. The standard InChI is InChI=1S/C22H14F17N3O2S/c1-8(2)7-11-41-42-15(45-11)40-14(43)9-3-5-10(6-4-9)44-13(18(25,26)27)12(16(23,19(28,29)30)20(31,32)33)17(24,21(34,35)36)22(37,38)39/h3-6,8H,7H2,1-2H3,(H,40,42,43). The minimum Gasteiger partial charge on any atom is -0.452 e. The SMILES string of the molecule is CC(C)Cc1nnc(NC(=O)c2ccc(OC(=C(C(F)(C(F)(F)F)C(F)(F)F)C(F)(C(F)(F)F)C(F)(F)F)C(F)(F)F)cc2)s1. The van der Waals surface area contributed by atoms with Crippen molar-refractivity contribution in [3.05, 3.63) is 46.2 Å². The van der Waals surface area contributed by atoms with E-state index in [9.17, 15) is 79.4 Å². The summed E-state index contributed by atoms with van der Waals surface area (Å²) in [6.45, 7) is 3.62. The van der Waals surface area contributed by atoms with Crippen LogP contribution >= 0.6 is 11.3 Å². The second-order valence-corrected chi connectivity index (χ2v) is 10.3. The van der Waals surface area contributed by atoms with Gasteiger partial charge in [-0.1, -0.05) is 25.2 Å². The van der Waals surface area contributed by atoms with Gasteiger partial charge in [-0.3, -0.25) is 10.1 Å². The number of hydrogen-bond acceptors (Lipinski definition) is 5. The van der Waals surface area contributed by atoms with E-state index < -0.39 is 70.8 Å². The summed E-state index contributed by atoms with van der Waals surface area (Å²) in [5, 5.41) is 9.78. The molecule has 1 aromatic carbocycles. The third kappa shape index (κ3) is 7.54. The topological polar surface area (TPSA) is 64.1 Å². The zero-order valence-corrected chi connectivity index (χ0v) is 22.5. The van der Waals surface area contributed by atoms with Gasteiger partial charge in [-0.05, 0) is 30.2 Å². The number of ether oxygens (including phenoxy) is 1. The maximum Gasteiger partial charge on any atom is 0.449 e. The lowest BCUT2D eigenvalue weighted by Gasteiger charge is -2.41. The van der Waals surface area contributed by atoms with Crippen LogP contribution in [0.5, 0.6) is 5.75 Å². The molecule has 0 unspecified atom stereocenters. The Morgan fingerprint density at radius 1 is 0.733 bits per heavy atom. The summed E-state index contributed by atoms with van der Waals surface area (Å²) in [5.41, 5.74) is -22.8. The van der Waals surface area contributed by atoms with E-state index in [2.05, 4.69) is 20.3 Å². The van der Waals surface area contributed by atoms with Gasteiger partial charge in [0.1, 0.15) is 10.8 Å². The van der Waals surface area contributed by atoms with E-state index in [0.717, 1.165) is 11.3 Å². The molecular formula is C22H14F17N3O2S. The molecule has 0 aliphatic heterocycles. The molecule has 0 aliphatic carbocycles. The number of benzene rings is 1. The molecule has 0 atom stereocenters. The van der Waals surface area contributed by atoms with Crippen molar-refractivity contribution in [2.75, 3.05) is 5.32 Å². The molecule has 2 rings (SSSR count). The number of allylic oxidation sites excluding steroid dienone is 2. The molecule has 1 amide bonds. The van der Waals surface area contributed by atoms with Crippen molar-refractivity contribution >= 4 is 22.4 Å². The zero-order valence-electron chi connectivity index (χ0n) is 21.6. The van der Waals surface area contributed by atoms with E-state index in [1.165, 1.54) is 0 Å². The Bertz CT molecular complexity index is 1320. The predicted octanol–water partition coefficient (Wildman–Crippen LogP) is 8.85. The van der Waals surface area contributed by atoms with Crippen LogP contribution in [0.3, 0.4) is 0 Å². The van der Waals surface area contributed by atoms with Crippen molar-refractivity contribution in [3.8, 4) is 5.75 Å². The molecule has 45 heavy (non-hydrogen) atoms. The normalized spacial score (nSPS) is 14.0. The number of hydrogen-bond donors (Lipinski definition) is 1. The fourth-order valence-corrected chi connectivity index (χ4v) is 4.33. The van der Waals surface area contributed by atoms with Crippen molar-refractivity contribution in [1.82, 2.24) is 10.2 Å². The van der Waals surface area contributed by atoms with Crippen LogP contribution in [0.1, 0.15) is 29.2 Å². The average Bonchev–Trinajstić information content (AvgIpc) is 3.25. The van der Waals surface area contributed by atoms with Crippen molar-refractivity contribution in [2.24, 2.45) is 5.92 Å². The highest BCUT2D eigenvalue weighted by molar-refractivity contribution is 7.15. The molecule has 23 heteroatoms. The summed E-state index contributed by atoms with van der Waals surface area (Å²) in [7, 11) is 0. The molecule has 0 bridgehead atoms. The molecule has 1 N–H and O–H groups in total. The second-order valence-electron chi connectivity index (χ2n) is 9.19. The van der Waals surface area contributed by atoms with Crippen molar-refractivity contribution in [3.63, 3.8) is 0 Å². The van der Waals surface area contributed by atoms with Crippen molar-refractivity contribution < 1.29 is 84.2 Å². The number of rotatable bonds is 8. The first kappa shape index (κ1) is 37.8. The molecule has 2 aromatic rings. The largest absolute Gasteiger partial charge is 0.452 e. The number of nitrogens with one attached hydrogen (secondary N) is 1. The lowest BCUT2D eigenvalue weighted by Crippen LogP contribution is -2.67. The molecule has 0 saturated heterocycles. The summed E-state index contributed by atoms with van der Waals surface area (Å²) < 4.78 is 234. The monoisotopic (exact) mass is 707 g/mol. The van der Waals surface area contributed by atoms with Crippen LogP contribution in [0, 0.1) is 5.92 Å². The molecule has 254 valence electrons. The Morgan fingerprint density at radius 2 is 1.16 bits per heavy atom. The quantitative estimate of drug-likeness (QED) is 0.220. The highest BCUT2D eigenvalue weighted by Gasteiger charge is 2.88. The van der Waals surface area contributed by atoms with E-state index >= 15 is 0 Å². The first-order valence-corrected chi connectivity index (χ1v) is 12.2. The number of anilines is 1. The van der Waals surface area contributed by atoms with E-state index in [0.29, 0.717) is 23.6 Å². The van der Waals surface area contributed by atoms with E-state index in [4.69, 9.17) is 0 Å².